The van der Waals surface area contributed by atoms with E-state index in [0.29, 0.717) is 5.02 Å². The summed E-state index contributed by atoms with van der Waals surface area (Å²) in [4.78, 5) is -0.0732. The number of nitrogens with one attached hydrogen (secondary N) is 1. The molecule has 11 heteroatoms. The molecule has 1 unspecified atom stereocenters. The Balaban J connectivity index is 2.46. The quantitative estimate of drug-likeness (QED) is 0.584. The molecule has 0 saturated carbocycles. The third-order valence-corrected chi connectivity index (χ3v) is 8.14. The maximum atomic E-state index is 14.6. The summed E-state index contributed by atoms with van der Waals surface area (Å²) in [6, 6.07) is 8.38. The highest BCUT2D eigenvalue weighted by atomic mass is 35.5. The molecule has 0 heterocycles. The van der Waals surface area contributed by atoms with Crippen LogP contribution in [0.4, 0.5) is 10.1 Å². The molecule has 0 aliphatic carbocycles. The largest absolute Gasteiger partial charge is 0.264 e. The first kappa shape index (κ1) is 23.9. The standard InChI is InChI=1S/C18H21Cl2FN2O4S2/c1-13(4-3-11-28(24,25)22-2)23(18-12-15(20)7-10-17(18)21)29(26,27)16-8-5-14(19)6-9-16/h5-10,12-13,22H,3-4,11H2,1-2H3. The molecular weight excluding hydrogens is 462 g/mol. The molecule has 6 nitrogen and oxygen atoms in total. The zero-order valence-corrected chi connectivity index (χ0v) is 18.9. The van der Waals surface area contributed by atoms with Gasteiger partial charge in [0.15, 0.2) is 0 Å². The molecule has 0 aliphatic heterocycles. The van der Waals surface area contributed by atoms with Crippen molar-refractivity contribution in [1.29, 1.82) is 0 Å². The van der Waals surface area contributed by atoms with Crippen LogP contribution >= 0.6 is 23.2 Å². The fourth-order valence-electron chi connectivity index (χ4n) is 2.77. The molecule has 0 radical (unpaired) electrons. The molecule has 29 heavy (non-hydrogen) atoms. The second kappa shape index (κ2) is 9.61. The highest BCUT2D eigenvalue weighted by molar-refractivity contribution is 7.92. The van der Waals surface area contributed by atoms with Crippen LogP contribution in [0.2, 0.25) is 10.0 Å². The van der Waals surface area contributed by atoms with E-state index in [2.05, 4.69) is 4.72 Å². The first-order valence-corrected chi connectivity index (χ1v) is 12.5. The molecule has 0 saturated heterocycles. The van der Waals surface area contributed by atoms with Gasteiger partial charge >= 0.3 is 0 Å². The van der Waals surface area contributed by atoms with Crippen molar-refractivity contribution in [2.24, 2.45) is 0 Å². The lowest BCUT2D eigenvalue weighted by atomic mass is 10.2. The van der Waals surface area contributed by atoms with Gasteiger partial charge in [0.25, 0.3) is 10.0 Å². The van der Waals surface area contributed by atoms with Crippen LogP contribution < -0.4 is 9.03 Å². The van der Waals surface area contributed by atoms with Crippen molar-refractivity contribution >= 4 is 48.9 Å². The predicted molar refractivity (Wildman–Crippen MR) is 114 cm³/mol. The summed E-state index contributed by atoms with van der Waals surface area (Å²) < 4.78 is 67.6. The predicted octanol–water partition coefficient (Wildman–Crippen LogP) is 4.05. The summed E-state index contributed by atoms with van der Waals surface area (Å²) in [6.07, 6.45) is 0.360. The van der Waals surface area contributed by atoms with Crippen molar-refractivity contribution in [2.75, 3.05) is 17.1 Å². The first-order chi connectivity index (χ1) is 13.5. The van der Waals surface area contributed by atoms with E-state index in [9.17, 15) is 21.2 Å². The lowest BCUT2D eigenvalue weighted by Gasteiger charge is -2.31. The number of rotatable bonds is 9. The molecule has 160 valence electrons. The van der Waals surface area contributed by atoms with Crippen LogP contribution in [0, 0.1) is 5.82 Å². The van der Waals surface area contributed by atoms with Gasteiger partial charge in [0.05, 0.1) is 16.3 Å². The van der Waals surface area contributed by atoms with Crippen molar-refractivity contribution < 1.29 is 21.2 Å². The van der Waals surface area contributed by atoms with Gasteiger partial charge in [-0.25, -0.2) is 25.9 Å². The van der Waals surface area contributed by atoms with Crippen molar-refractivity contribution in [1.82, 2.24) is 4.72 Å². The number of hydrogen-bond acceptors (Lipinski definition) is 4. The van der Waals surface area contributed by atoms with E-state index in [-0.39, 0.29) is 34.2 Å². The van der Waals surface area contributed by atoms with Crippen molar-refractivity contribution in [3.63, 3.8) is 0 Å². The van der Waals surface area contributed by atoms with Crippen LogP contribution in [0.1, 0.15) is 19.8 Å². The van der Waals surface area contributed by atoms with Gasteiger partial charge in [0, 0.05) is 16.1 Å². The Bertz CT molecular complexity index is 1060. The highest BCUT2D eigenvalue weighted by Crippen LogP contribution is 2.32. The summed E-state index contributed by atoms with van der Waals surface area (Å²) in [5.74, 6) is -0.942. The second-order valence-electron chi connectivity index (χ2n) is 6.36. The summed E-state index contributed by atoms with van der Waals surface area (Å²) >= 11 is 11.8. The lowest BCUT2D eigenvalue weighted by molar-refractivity contribution is 0.555. The number of benzene rings is 2. The van der Waals surface area contributed by atoms with Gasteiger partial charge < -0.3 is 0 Å². The molecule has 2 aromatic carbocycles. The zero-order valence-electron chi connectivity index (χ0n) is 15.8. The van der Waals surface area contributed by atoms with Crippen molar-refractivity contribution in [2.45, 2.75) is 30.7 Å². The molecule has 0 spiro atoms. The van der Waals surface area contributed by atoms with Crippen LogP contribution in [0.15, 0.2) is 47.4 Å². The average Bonchev–Trinajstić information content (AvgIpc) is 2.65. The fraction of sp³-hybridized carbons (Fsp3) is 0.333. The Kier molecular flexibility index (Phi) is 7.92. The lowest BCUT2D eigenvalue weighted by Crippen LogP contribution is -2.39. The van der Waals surface area contributed by atoms with Crippen LogP contribution in [0.3, 0.4) is 0 Å². The van der Waals surface area contributed by atoms with E-state index in [1.54, 1.807) is 6.92 Å². The van der Waals surface area contributed by atoms with E-state index in [1.807, 2.05) is 0 Å². The van der Waals surface area contributed by atoms with Gasteiger partial charge in [-0.1, -0.05) is 23.2 Å². The zero-order chi connectivity index (χ0) is 21.8. The van der Waals surface area contributed by atoms with Crippen molar-refractivity contribution in [3.8, 4) is 0 Å². The van der Waals surface area contributed by atoms with E-state index in [1.165, 1.54) is 43.4 Å². The normalized spacial score (nSPS) is 13.3. The third kappa shape index (κ3) is 6.05. The minimum atomic E-state index is -4.17. The highest BCUT2D eigenvalue weighted by Gasteiger charge is 2.31. The Morgan fingerprint density at radius 1 is 1.03 bits per heavy atom. The summed E-state index contributed by atoms with van der Waals surface area (Å²) in [5.41, 5.74) is -0.212. The molecule has 0 aromatic heterocycles. The molecule has 0 aliphatic rings. The number of anilines is 1. The SMILES string of the molecule is CNS(=O)(=O)CCCC(C)N(c1cc(Cl)ccc1F)S(=O)(=O)c1ccc(Cl)cc1. The molecule has 2 aromatic rings. The Hall–Kier alpha value is -1.39. The van der Waals surface area contributed by atoms with Crippen LogP contribution in [-0.2, 0) is 20.0 Å². The number of nitrogens with zero attached hydrogens (tertiary/aromatic N) is 1. The topological polar surface area (TPSA) is 83.6 Å². The summed E-state index contributed by atoms with van der Waals surface area (Å²) in [5, 5.41) is 0.525. The van der Waals surface area contributed by atoms with Gasteiger partial charge in [0.2, 0.25) is 10.0 Å². The maximum Gasteiger partial charge on any atom is 0.264 e. The molecule has 1 N–H and O–H groups in total. The van der Waals surface area contributed by atoms with Crippen LogP contribution in [-0.4, -0.2) is 35.7 Å². The first-order valence-electron chi connectivity index (χ1n) is 8.64. The molecule has 0 fully saturated rings. The summed E-state index contributed by atoms with van der Waals surface area (Å²) in [7, 11) is -6.31. The Morgan fingerprint density at radius 2 is 1.62 bits per heavy atom. The van der Waals surface area contributed by atoms with Crippen molar-refractivity contribution in [3.05, 3.63) is 58.3 Å². The van der Waals surface area contributed by atoms with Gasteiger partial charge in [-0.3, -0.25) is 4.31 Å². The van der Waals surface area contributed by atoms with Gasteiger partial charge in [-0.15, -0.1) is 0 Å². The molecule has 0 bridgehead atoms. The third-order valence-electron chi connectivity index (χ3n) is 4.26. The smallest absolute Gasteiger partial charge is 0.261 e. The number of halogens is 3. The van der Waals surface area contributed by atoms with Gasteiger partial charge in [0.1, 0.15) is 5.82 Å². The second-order valence-corrected chi connectivity index (χ2v) is 11.1. The average molecular weight is 483 g/mol. The molecule has 1 atom stereocenters. The molecular formula is C18H21Cl2FN2O4S2. The monoisotopic (exact) mass is 482 g/mol. The van der Waals surface area contributed by atoms with Gasteiger partial charge in [-0.2, -0.15) is 0 Å². The molecule has 0 amide bonds. The van der Waals surface area contributed by atoms with E-state index < -0.39 is 31.9 Å². The Morgan fingerprint density at radius 3 is 2.21 bits per heavy atom. The van der Waals surface area contributed by atoms with E-state index >= 15 is 0 Å². The maximum absolute atomic E-state index is 14.6. The van der Waals surface area contributed by atoms with Gasteiger partial charge in [-0.05, 0) is 69.3 Å². The number of hydrogen-bond donors (Lipinski definition) is 1. The summed E-state index contributed by atoms with van der Waals surface area (Å²) in [6.45, 7) is 1.58. The Labute approximate surface area is 180 Å². The van der Waals surface area contributed by atoms with E-state index in [4.69, 9.17) is 23.2 Å². The number of sulfonamides is 2. The van der Waals surface area contributed by atoms with Crippen LogP contribution in [0.25, 0.3) is 0 Å². The van der Waals surface area contributed by atoms with E-state index in [0.717, 1.165) is 10.4 Å². The minimum Gasteiger partial charge on any atom is -0.261 e. The minimum absolute atomic E-state index is 0.0732. The molecule has 2 rings (SSSR count). The fourth-order valence-corrected chi connectivity index (χ4v) is 5.50. The van der Waals surface area contributed by atoms with Crippen LogP contribution in [0.5, 0.6) is 0 Å².